The summed E-state index contributed by atoms with van der Waals surface area (Å²) in [6.07, 6.45) is 0. The summed E-state index contributed by atoms with van der Waals surface area (Å²) in [4.78, 5) is 4.65. The number of aryl methyl sites for hydroxylation is 3. The van der Waals surface area contributed by atoms with Gasteiger partial charge in [0, 0.05) is 16.8 Å². The van der Waals surface area contributed by atoms with Crippen molar-refractivity contribution in [1.82, 2.24) is 14.8 Å². The number of hydrogen-bond donors (Lipinski definition) is 0. The molecular formula is C15H15N3. The van der Waals surface area contributed by atoms with Crippen molar-refractivity contribution in [2.45, 2.75) is 20.8 Å². The number of fused-ring (bicyclic) bond motifs is 1. The zero-order valence-electron chi connectivity index (χ0n) is 10.8. The van der Waals surface area contributed by atoms with Crippen molar-refractivity contribution in [3.8, 4) is 5.82 Å². The fraction of sp³-hybridized carbons (Fsp3) is 0.200. The van der Waals surface area contributed by atoms with Gasteiger partial charge in [0.05, 0.1) is 5.69 Å². The van der Waals surface area contributed by atoms with Crippen molar-refractivity contribution < 1.29 is 0 Å². The van der Waals surface area contributed by atoms with Gasteiger partial charge >= 0.3 is 0 Å². The molecular weight excluding hydrogens is 222 g/mol. The lowest BCUT2D eigenvalue weighted by molar-refractivity contribution is 0.809. The second-order valence-corrected chi connectivity index (χ2v) is 4.65. The highest BCUT2D eigenvalue weighted by molar-refractivity contribution is 5.88. The van der Waals surface area contributed by atoms with Crippen LogP contribution in [0.5, 0.6) is 0 Å². The Labute approximate surface area is 106 Å². The topological polar surface area (TPSA) is 30.7 Å². The maximum Gasteiger partial charge on any atom is 0.161 e. The normalized spacial score (nSPS) is 11.1. The lowest BCUT2D eigenvalue weighted by Gasteiger charge is -2.09. The lowest BCUT2D eigenvalue weighted by atomic mass is 10.1. The van der Waals surface area contributed by atoms with Gasteiger partial charge in [0.1, 0.15) is 0 Å². The molecule has 0 fully saturated rings. The molecule has 0 N–H and O–H groups in total. The maximum atomic E-state index is 4.65. The minimum Gasteiger partial charge on any atom is -0.233 e. The SMILES string of the molecule is Cc1cc2ccccc2c(-n2nc(C)cc2C)n1. The first kappa shape index (κ1) is 11.0. The molecule has 0 amide bonds. The molecule has 2 heterocycles. The molecule has 90 valence electrons. The molecule has 0 aliphatic carbocycles. The summed E-state index contributed by atoms with van der Waals surface area (Å²) < 4.78 is 1.92. The van der Waals surface area contributed by atoms with E-state index in [2.05, 4.69) is 41.3 Å². The summed E-state index contributed by atoms with van der Waals surface area (Å²) in [7, 11) is 0. The molecule has 0 aliphatic heterocycles. The Morgan fingerprint density at radius 2 is 1.72 bits per heavy atom. The van der Waals surface area contributed by atoms with Gasteiger partial charge in [-0.05, 0) is 38.3 Å². The van der Waals surface area contributed by atoms with Crippen LogP contribution in [-0.4, -0.2) is 14.8 Å². The lowest BCUT2D eigenvalue weighted by Crippen LogP contribution is -2.04. The third-order valence-electron chi connectivity index (χ3n) is 3.06. The molecule has 18 heavy (non-hydrogen) atoms. The first-order valence-corrected chi connectivity index (χ1v) is 6.05. The van der Waals surface area contributed by atoms with E-state index in [9.17, 15) is 0 Å². The van der Waals surface area contributed by atoms with Crippen molar-refractivity contribution in [2.75, 3.05) is 0 Å². The van der Waals surface area contributed by atoms with Crippen molar-refractivity contribution in [2.24, 2.45) is 0 Å². The van der Waals surface area contributed by atoms with Gasteiger partial charge in [-0.3, -0.25) is 0 Å². The molecule has 3 heteroatoms. The van der Waals surface area contributed by atoms with Crippen LogP contribution in [-0.2, 0) is 0 Å². The summed E-state index contributed by atoms with van der Waals surface area (Å²) in [5, 5.41) is 6.86. The third kappa shape index (κ3) is 1.68. The maximum absolute atomic E-state index is 4.65. The number of pyridine rings is 1. The van der Waals surface area contributed by atoms with Crippen molar-refractivity contribution in [1.29, 1.82) is 0 Å². The minimum atomic E-state index is 0.913. The molecule has 0 aliphatic rings. The van der Waals surface area contributed by atoms with E-state index in [0.717, 1.165) is 28.3 Å². The van der Waals surface area contributed by atoms with E-state index in [0.29, 0.717) is 0 Å². The molecule has 0 atom stereocenters. The second kappa shape index (κ2) is 3.95. The molecule has 0 radical (unpaired) electrons. The summed E-state index contributed by atoms with van der Waals surface area (Å²) >= 11 is 0. The van der Waals surface area contributed by atoms with Gasteiger partial charge in [-0.1, -0.05) is 24.3 Å². The molecule has 3 nitrogen and oxygen atoms in total. The second-order valence-electron chi connectivity index (χ2n) is 4.65. The molecule has 0 unspecified atom stereocenters. The van der Waals surface area contributed by atoms with Crippen LogP contribution < -0.4 is 0 Å². The van der Waals surface area contributed by atoms with Crippen LogP contribution >= 0.6 is 0 Å². The van der Waals surface area contributed by atoms with Crippen LogP contribution in [0.3, 0.4) is 0 Å². The van der Waals surface area contributed by atoms with E-state index in [1.54, 1.807) is 0 Å². The van der Waals surface area contributed by atoms with Gasteiger partial charge in [0.25, 0.3) is 0 Å². The first-order valence-electron chi connectivity index (χ1n) is 6.05. The van der Waals surface area contributed by atoms with Gasteiger partial charge in [-0.25, -0.2) is 9.67 Å². The quantitative estimate of drug-likeness (QED) is 0.650. The van der Waals surface area contributed by atoms with Crippen molar-refractivity contribution in [3.63, 3.8) is 0 Å². The van der Waals surface area contributed by atoms with Gasteiger partial charge in [-0.2, -0.15) is 5.10 Å². The molecule has 0 saturated carbocycles. The summed E-state index contributed by atoms with van der Waals surface area (Å²) in [6, 6.07) is 12.5. The van der Waals surface area contributed by atoms with Crippen molar-refractivity contribution >= 4 is 10.8 Å². The Kier molecular flexibility index (Phi) is 2.40. The minimum absolute atomic E-state index is 0.913. The molecule has 0 saturated heterocycles. The van der Waals surface area contributed by atoms with Crippen LogP contribution in [0.15, 0.2) is 36.4 Å². The van der Waals surface area contributed by atoms with Crippen LogP contribution in [0.4, 0.5) is 0 Å². The molecule has 2 aromatic heterocycles. The largest absolute Gasteiger partial charge is 0.233 e. The van der Waals surface area contributed by atoms with E-state index in [1.807, 2.05) is 30.7 Å². The highest BCUT2D eigenvalue weighted by Crippen LogP contribution is 2.22. The Morgan fingerprint density at radius 1 is 0.944 bits per heavy atom. The van der Waals surface area contributed by atoms with Crippen LogP contribution in [0.2, 0.25) is 0 Å². The summed E-state index contributed by atoms with van der Waals surface area (Å²) in [5.74, 6) is 0.913. The Balaban J connectivity index is 2.38. The third-order valence-corrected chi connectivity index (χ3v) is 3.06. The Bertz CT molecular complexity index is 726. The predicted octanol–water partition coefficient (Wildman–Crippen LogP) is 3.35. The average molecular weight is 237 g/mol. The molecule has 3 aromatic rings. The van der Waals surface area contributed by atoms with Gasteiger partial charge < -0.3 is 0 Å². The zero-order chi connectivity index (χ0) is 12.7. The highest BCUT2D eigenvalue weighted by Gasteiger charge is 2.09. The molecule has 3 rings (SSSR count). The molecule has 0 spiro atoms. The van der Waals surface area contributed by atoms with E-state index in [1.165, 1.54) is 5.39 Å². The van der Waals surface area contributed by atoms with Crippen molar-refractivity contribution in [3.05, 3.63) is 53.5 Å². The van der Waals surface area contributed by atoms with Gasteiger partial charge in [0.15, 0.2) is 5.82 Å². The Morgan fingerprint density at radius 3 is 2.44 bits per heavy atom. The molecule has 0 bridgehead atoms. The van der Waals surface area contributed by atoms with E-state index in [4.69, 9.17) is 0 Å². The standard InChI is InChI=1S/C15H15N3/c1-10-9-13-6-4-5-7-14(13)15(16-10)18-12(3)8-11(2)17-18/h4-9H,1-3H3. The van der Waals surface area contributed by atoms with Crippen LogP contribution in [0.1, 0.15) is 17.1 Å². The highest BCUT2D eigenvalue weighted by atomic mass is 15.3. The van der Waals surface area contributed by atoms with Crippen LogP contribution in [0.25, 0.3) is 16.6 Å². The predicted molar refractivity (Wildman–Crippen MR) is 73.1 cm³/mol. The number of hydrogen-bond acceptors (Lipinski definition) is 2. The van der Waals surface area contributed by atoms with Gasteiger partial charge in [0.2, 0.25) is 0 Å². The number of aromatic nitrogens is 3. The fourth-order valence-electron chi connectivity index (χ4n) is 2.32. The Hall–Kier alpha value is -2.16. The zero-order valence-corrected chi connectivity index (χ0v) is 10.8. The first-order chi connectivity index (χ1) is 8.65. The summed E-state index contributed by atoms with van der Waals surface area (Å²) in [5.41, 5.74) is 3.13. The van der Waals surface area contributed by atoms with E-state index in [-0.39, 0.29) is 0 Å². The summed E-state index contributed by atoms with van der Waals surface area (Å²) in [6.45, 7) is 6.07. The smallest absolute Gasteiger partial charge is 0.161 e. The van der Waals surface area contributed by atoms with E-state index >= 15 is 0 Å². The molecule has 1 aromatic carbocycles. The van der Waals surface area contributed by atoms with Gasteiger partial charge in [-0.15, -0.1) is 0 Å². The number of rotatable bonds is 1. The van der Waals surface area contributed by atoms with Crippen LogP contribution in [0, 0.1) is 20.8 Å². The monoisotopic (exact) mass is 237 g/mol. The van der Waals surface area contributed by atoms with E-state index < -0.39 is 0 Å². The number of nitrogens with zero attached hydrogens (tertiary/aromatic N) is 3. The number of benzene rings is 1. The average Bonchev–Trinajstić information content (AvgIpc) is 2.67. The fourth-order valence-corrected chi connectivity index (χ4v) is 2.32.